The number of aromatic nitrogens is 1. The molecule has 0 bridgehead atoms. The Kier molecular flexibility index (Phi) is 10.9. The number of nitrogens with one attached hydrogen (secondary N) is 1. The highest BCUT2D eigenvalue weighted by Gasteiger charge is 2.08. The largest absolute Gasteiger partial charge is 0.493 e. The standard InChI is InChI=1S/C16H23N3O2.H3O4P.H2O/c1-11(5-4-6-17)19-13-7-12-8-15(20-2)16(21-3)9-14(12)18-10-13;1-5(2,3)4;/h7-11,19H,4-6,17H2,1-3H3;(H3,1,2,3,4);1H2. The minimum Gasteiger partial charge on any atom is -0.493 e. The predicted molar refractivity (Wildman–Crippen MR) is 104 cm³/mol. The smallest absolute Gasteiger partial charge is 0.466 e. The molecule has 27 heavy (non-hydrogen) atoms. The molecule has 0 aliphatic rings. The quantitative estimate of drug-likeness (QED) is 0.421. The van der Waals surface area contributed by atoms with Crippen LogP contribution in [0.5, 0.6) is 11.5 Å². The third kappa shape index (κ3) is 9.53. The minimum absolute atomic E-state index is 0. The number of benzene rings is 1. The second kappa shape index (κ2) is 11.7. The highest BCUT2D eigenvalue weighted by Crippen LogP contribution is 2.32. The fourth-order valence-electron chi connectivity index (χ4n) is 2.31. The van der Waals surface area contributed by atoms with Crippen molar-refractivity contribution in [3.05, 3.63) is 24.4 Å². The van der Waals surface area contributed by atoms with Gasteiger partial charge in [0.1, 0.15) is 0 Å². The first kappa shape index (κ1) is 25.1. The lowest BCUT2D eigenvalue weighted by atomic mass is 10.1. The van der Waals surface area contributed by atoms with Crippen molar-refractivity contribution in [2.24, 2.45) is 5.73 Å². The number of anilines is 1. The second-order valence-electron chi connectivity index (χ2n) is 5.61. The van der Waals surface area contributed by atoms with Crippen LogP contribution in [0.15, 0.2) is 24.4 Å². The van der Waals surface area contributed by atoms with Gasteiger partial charge in [-0.05, 0) is 38.4 Å². The minimum atomic E-state index is -4.64. The summed E-state index contributed by atoms with van der Waals surface area (Å²) >= 11 is 0. The van der Waals surface area contributed by atoms with Crippen molar-refractivity contribution in [1.29, 1.82) is 0 Å². The Labute approximate surface area is 157 Å². The van der Waals surface area contributed by atoms with Crippen molar-refractivity contribution in [2.75, 3.05) is 26.1 Å². The maximum atomic E-state index is 8.88. The molecule has 10 nitrogen and oxygen atoms in total. The zero-order valence-electron chi connectivity index (χ0n) is 15.5. The van der Waals surface area contributed by atoms with Crippen molar-refractivity contribution >= 4 is 24.4 Å². The van der Waals surface area contributed by atoms with E-state index in [2.05, 4.69) is 23.3 Å². The van der Waals surface area contributed by atoms with E-state index in [1.54, 1.807) is 14.2 Å². The molecule has 1 unspecified atom stereocenters. The maximum Gasteiger partial charge on any atom is 0.466 e. The third-order valence-corrected chi connectivity index (χ3v) is 3.44. The number of phosphoric acid groups is 1. The van der Waals surface area contributed by atoms with Crippen LogP contribution in [0.3, 0.4) is 0 Å². The van der Waals surface area contributed by atoms with Gasteiger partial charge in [-0.15, -0.1) is 0 Å². The first-order valence-electron chi connectivity index (χ1n) is 7.94. The summed E-state index contributed by atoms with van der Waals surface area (Å²) in [4.78, 5) is 26.0. The van der Waals surface area contributed by atoms with Crippen LogP contribution < -0.4 is 20.5 Å². The Morgan fingerprint density at radius 1 is 1.19 bits per heavy atom. The number of methoxy groups -OCH3 is 2. The van der Waals surface area contributed by atoms with Crippen molar-refractivity contribution in [3.63, 3.8) is 0 Å². The zero-order chi connectivity index (χ0) is 19.7. The Balaban J connectivity index is 0.00000100. The first-order valence-corrected chi connectivity index (χ1v) is 9.51. The lowest BCUT2D eigenvalue weighted by Gasteiger charge is -2.15. The molecule has 0 saturated carbocycles. The predicted octanol–water partition coefficient (Wildman–Crippen LogP) is 1.04. The van der Waals surface area contributed by atoms with E-state index in [0.29, 0.717) is 17.5 Å². The van der Waals surface area contributed by atoms with Gasteiger partial charge in [0.15, 0.2) is 11.5 Å². The van der Waals surface area contributed by atoms with Gasteiger partial charge >= 0.3 is 7.82 Å². The fourth-order valence-corrected chi connectivity index (χ4v) is 2.31. The van der Waals surface area contributed by atoms with Gasteiger partial charge in [0, 0.05) is 17.5 Å². The molecule has 1 aromatic carbocycles. The number of nitrogens with zero attached hydrogens (tertiary/aromatic N) is 1. The fraction of sp³-hybridized carbons (Fsp3) is 0.438. The number of hydrogen-bond donors (Lipinski definition) is 5. The van der Waals surface area contributed by atoms with E-state index in [9.17, 15) is 0 Å². The molecule has 8 N–H and O–H groups in total. The number of ether oxygens (including phenoxy) is 2. The molecule has 0 radical (unpaired) electrons. The van der Waals surface area contributed by atoms with Gasteiger partial charge in [-0.2, -0.15) is 0 Å². The van der Waals surface area contributed by atoms with E-state index < -0.39 is 7.82 Å². The first-order chi connectivity index (χ1) is 12.2. The molecular weight excluding hydrogens is 377 g/mol. The van der Waals surface area contributed by atoms with E-state index in [-0.39, 0.29) is 5.48 Å². The molecule has 0 aliphatic carbocycles. The molecule has 11 heteroatoms. The van der Waals surface area contributed by atoms with Crippen molar-refractivity contribution in [1.82, 2.24) is 4.98 Å². The highest BCUT2D eigenvalue weighted by molar-refractivity contribution is 7.45. The van der Waals surface area contributed by atoms with Crippen LogP contribution in [0.2, 0.25) is 0 Å². The molecule has 0 aliphatic heterocycles. The number of rotatable bonds is 7. The van der Waals surface area contributed by atoms with Gasteiger partial charge < -0.3 is 40.7 Å². The van der Waals surface area contributed by atoms with Crippen molar-refractivity contribution in [3.8, 4) is 11.5 Å². The lowest BCUT2D eigenvalue weighted by Crippen LogP contribution is -2.16. The van der Waals surface area contributed by atoms with Crippen molar-refractivity contribution in [2.45, 2.75) is 25.8 Å². The number of hydrogen-bond acceptors (Lipinski definition) is 6. The van der Waals surface area contributed by atoms with Gasteiger partial charge in [0.05, 0.1) is 31.6 Å². The monoisotopic (exact) mass is 405 g/mol. The Morgan fingerprint density at radius 3 is 2.26 bits per heavy atom. The highest BCUT2D eigenvalue weighted by atomic mass is 31.2. The van der Waals surface area contributed by atoms with Gasteiger partial charge in [0.25, 0.3) is 0 Å². The molecule has 154 valence electrons. The van der Waals surface area contributed by atoms with Crippen LogP contribution in [0.1, 0.15) is 19.8 Å². The molecule has 1 aromatic heterocycles. The van der Waals surface area contributed by atoms with Gasteiger partial charge in [-0.3, -0.25) is 4.98 Å². The number of fused-ring (bicyclic) bond motifs is 1. The van der Waals surface area contributed by atoms with Crippen molar-refractivity contribution < 1.29 is 34.2 Å². The SMILES string of the molecule is COc1cc2cc(NC(C)CCCN)cnc2cc1OC.O.O=P(O)(O)O. The summed E-state index contributed by atoms with van der Waals surface area (Å²) in [6.07, 6.45) is 3.90. The molecule has 2 rings (SSSR count). The molecule has 1 atom stereocenters. The van der Waals surface area contributed by atoms with E-state index in [4.69, 9.17) is 34.5 Å². The Hall–Kier alpha value is -1.94. The molecule has 0 saturated heterocycles. The molecule has 2 aromatic rings. The Bertz CT molecular complexity index is 746. The van der Waals surface area contributed by atoms with Crippen LogP contribution in [0.4, 0.5) is 5.69 Å². The molecule has 1 heterocycles. The summed E-state index contributed by atoms with van der Waals surface area (Å²) < 4.78 is 19.5. The number of nitrogens with two attached hydrogens (primary N) is 1. The molecular formula is C16H28N3O7P. The second-order valence-corrected chi connectivity index (χ2v) is 6.64. The van der Waals surface area contributed by atoms with Crippen LogP contribution in [0, 0.1) is 0 Å². The summed E-state index contributed by atoms with van der Waals surface area (Å²) in [6.45, 7) is 2.87. The topological polar surface area (TPSA) is 179 Å². The molecule has 0 fully saturated rings. The Morgan fingerprint density at radius 2 is 1.74 bits per heavy atom. The number of pyridine rings is 1. The van der Waals surface area contributed by atoms with Crippen LogP contribution in [-0.2, 0) is 4.57 Å². The molecule has 0 spiro atoms. The lowest BCUT2D eigenvalue weighted by molar-refractivity contribution is 0.275. The van der Waals surface area contributed by atoms with Crippen LogP contribution >= 0.6 is 7.82 Å². The van der Waals surface area contributed by atoms with E-state index in [1.807, 2.05) is 18.3 Å². The molecule has 0 amide bonds. The average molecular weight is 405 g/mol. The zero-order valence-corrected chi connectivity index (χ0v) is 16.4. The third-order valence-electron chi connectivity index (χ3n) is 3.44. The van der Waals surface area contributed by atoms with Gasteiger partial charge in [-0.1, -0.05) is 0 Å². The summed E-state index contributed by atoms with van der Waals surface area (Å²) in [5.74, 6) is 1.40. The maximum absolute atomic E-state index is 8.88. The van der Waals surface area contributed by atoms with Crippen LogP contribution in [-0.4, -0.2) is 51.9 Å². The normalized spacial score (nSPS) is 11.7. The van der Waals surface area contributed by atoms with E-state index in [0.717, 1.165) is 36.0 Å². The summed E-state index contributed by atoms with van der Waals surface area (Å²) in [6, 6.07) is 6.27. The average Bonchev–Trinajstić information content (AvgIpc) is 2.57. The summed E-state index contributed by atoms with van der Waals surface area (Å²) in [7, 11) is -1.38. The van der Waals surface area contributed by atoms with Gasteiger partial charge in [-0.25, -0.2) is 4.57 Å². The van der Waals surface area contributed by atoms with E-state index in [1.165, 1.54) is 0 Å². The van der Waals surface area contributed by atoms with Gasteiger partial charge in [0.2, 0.25) is 0 Å². The summed E-state index contributed by atoms with van der Waals surface area (Å²) in [5.41, 5.74) is 7.42. The summed E-state index contributed by atoms with van der Waals surface area (Å²) in [5, 5.41) is 4.46. The van der Waals surface area contributed by atoms with E-state index >= 15 is 0 Å². The van der Waals surface area contributed by atoms with Crippen LogP contribution in [0.25, 0.3) is 10.9 Å².